The van der Waals surface area contributed by atoms with Gasteiger partial charge < -0.3 is 9.84 Å². The number of allylic oxidation sites excluding steroid dienone is 2. The molecule has 0 aliphatic carbocycles. The number of esters is 1. The van der Waals surface area contributed by atoms with E-state index in [0.717, 1.165) is 25.7 Å². The molecule has 3 nitrogen and oxygen atoms in total. The van der Waals surface area contributed by atoms with Gasteiger partial charge in [-0.2, -0.15) is 0 Å². The Morgan fingerprint density at radius 1 is 0.857 bits per heavy atom. The van der Waals surface area contributed by atoms with Gasteiger partial charge in [0.1, 0.15) is 0 Å². The summed E-state index contributed by atoms with van der Waals surface area (Å²) >= 11 is 0. The summed E-state index contributed by atoms with van der Waals surface area (Å²) in [6, 6.07) is 0. The van der Waals surface area contributed by atoms with Gasteiger partial charge in [0.15, 0.2) is 0 Å². The maximum absolute atomic E-state index is 11.1. The SMILES string of the molecule is CCOC(=O)CCCCCCCC=CCCCCCCO. The molecule has 0 heterocycles. The van der Waals surface area contributed by atoms with Crippen LogP contribution in [0.15, 0.2) is 12.2 Å². The van der Waals surface area contributed by atoms with Crippen LogP contribution in [0.4, 0.5) is 0 Å². The van der Waals surface area contributed by atoms with Gasteiger partial charge in [-0.05, 0) is 45.4 Å². The van der Waals surface area contributed by atoms with Crippen molar-refractivity contribution >= 4 is 5.97 Å². The molecule has 0 aliphatic rings. The van der Waals surface area contributed by atoms with E-state index in [9.17, 15) is 4.79 Å². The summed E-state index contributed by atoms with van der Waals surface area (Å²) in [4.78, 5) is 11.1. The van der Waals surface area contributed by atoms with Gasteiger partial charge in [0.2, 0.25) is 0 Å². The molecule has 3 heteroatoms. The predicted molar refractivity (Wildman–Crippen MR) is 88.3 cm³/mol. The minimum absolute atomic E-state index is 0.0561. The molecule has 1 N–H and O–H groups in total. The van der Waals surface area contributed by atoms with Crippen LogP contribution in [-0.4, -0.2) is 24.3 Å². The zero-order chi connectivity index (χ0) is 15.6. The third-order valence-corrected chi connectivity index (χ3v) is 3.50. The lowest BCUT2D eigenvalue weighted by Gasteiger charge is -2.01. The third kappa shape index (κ3) is 17.1. The number of aliphatic hydroxyl groups is 1. The van der Waals surface area contributed by atoms with E-state index >= 15 is 0 Å². The molecular weight excluding hydrogens is 264 g/mol. The summed E-state index contributed by atoms with van der Waals surface area (Å²) in [6.07, 6.45) is 17.9. The molecular formula is C18H34O3. The summed E-state index contributed by atoms with van der Waals surface area (Å²) in [7, 11) is 0. The second-order valence-corrected chi connectivity index (χ2v) is 5.51. The maximum Gasteiger partial charge on any atom is 0.305 e. The van der Waals surface area contributed by atoms with E-state index in [-0.39, 0.29) is 5.97 Å². The van der Waals surface area contributed by atoms with E-state index in [0.29, 0.717) is 19.6 Å². The van der Waals surface area contributed by atoms with Gasteiger partial charge >= 0.3 is 5.97 Å². The highest BCUT2D eigenvalue weighted by molar-refractivity contribution is 5.69. The van der Waals surface area contributed by atoms with Crippen LogP contribution in [0.1, 0.15) is 84.0 Å². The monoisotopic (exact) mass is 298 g/mol. The first kappa shape index (κ1) is 20.2. The first-order chi connectivity index (χ1) is 10.3. The summed E-state index contributed by atoms with van der Waals surface area (Å²) < 4.78 is 4.89. The molecule has 0 radical (unpaired) electrons. The molecule has 0 rings (SSSR count). The number of hydrogen-bond donors (Lipinski definition) is 1. The summed E-state index contributed by atoms with van der Waals surface area (Å²) in [5.41, 5.74) is 0. The van der Waals surface area contributed by atoms with Crippen LogP contribution in [0.5, 0.6) is 0 Å². The number of ether oxygens (including phenoxy) is 1. The topological polar surface area (TPSA) is 46.5 Å². The molecule has 0 atom stereocenters. The highest BCUT2D eigenvalue weighted by atomic mass is 16.5. The normalized spacial score (nSPS) is 11.1. The molecule has 0 spiro atoms. The molecule has 0 unspecified atom stereocenters. The second-order valence-electron chi connectivity index (χ2n) is 5.51. The van der Waals surface area contributed by atoms with Crippen molar-refractivity contribution in [2.24, 2.45) is 0 Å². The molecule has 0 amide bonds. The van der Waals surface area contributed by atoms with Crippen molar-refractivity contribution in [1.29, 1.82) is 0 Å². The first-order valence-electron chi connectivity index (χ1n) is 8.72. The molecule has 0 aromatic rings. The van der Waals surface area contributed by atoms with Crippen molar-refractivity contribution in [2.75, 3.05) is 13.2 Å². The Labute approximate surface area is 130 Å². The standard InChI is InChI=1S/C18H34O3/c1-2-21-18(20)16-14-12-10-8-6-4-3-5-7-9-11-13-15-17-19/h3,5,19H,2,4,6-17H2,1H3. The molecule has 0 aromatic heterocycles. The quantitative estimate of drug-likeness (QED) is 0.269. The largest absolute Gasteiger partial charge is 0.466 e. The summed E-state index contributed by atoms with van der Waals surface area (Å²) in [6.45, 7) is 2.67. The van der Waals surface area contributed by atoms with Gasteiger partial charge in [0, 0.05) is 13.0 Å². The Balaban J connectivity index is 3.12. The smallest absolute Gasteiger partial charge is 0.305 e. The lowest BCUT2D eigenvalue weighted by molar-refractivity contribution is -0.143. The van der Waals surface area contributed by atoms with E-state index < -0.39 is 0 Å². The third-order valence-electron chi connectivity index (χ3n) is 3.50. The van der Waals surface area contributed by atoms with Crippen LogP contribution >= 0.6 is 0 Å². The molecule has 0 saturated heterocycles. The zero-order valence-electron chi connectivity index (χ0n) is 13.8. The number of aliphatic hydroxyl groups excluding tert-OH is 1. The van der Waals surface area contributed by atoms with Gasteiger partial charge in [-0.15, -0.1) is 0 Å². The lowest BCUT2D eigenvalue weighted by atomic mass is 10.1. The van der Waals surface area contributed by atoms with E-state index in [1.165, 1.54) is 44.9 Å². The number of unbranched alkanes of at least 4 members (excludes halogenated alkanes) is 9. The van der Waals surface area contributed by atoms with Crippen molar-refractivity contribution in [2.45, 2.75) is 84.0 Å². The van der Waals surface area contributed by atoms with Gasteiger partial charge in [-0.25, -0.2) is 0 Å². The van der Waals surface area contributed by atoms with E-state index in [4.69, 9.17) is 9.84 Å². The number of carbonyl (C=O) groups is 1. The fraction of sp³-hybridized carbons (Fsp3) is 0.833. The fourth-order valence-electron chi connectivity index (χ4n) is 2.26. The van der Waals surface area contributed by atoms with E-state index in [2.05, 4.69) is 12.2 Å². The predicted octanol–water partition coefficient (Wildman–Crippen LogP) is 4.78. The zero-order valence-corrected chi connectivity index (χ0v) is 13.8. The Hall–Kier alpha value is -0.830. The first-order valence-corrected chi connectivity index (χ1v) is 8.72. The van der Waals surface area contributed by atoms with Crippen molar-refractivity contribution in [3.05, 3.63) is 12.2 Å². The van der Waals surface area contributed by atoms with Gasteiger partial charge in [0.05, 0.1) is 6.61 Å². The Morgan fingerprint density at radius 3 is 1.95 bits per heavy atom. The number of rotatable bonds is 15. The van der Waals surface area contributed by atoms with Crippen LogP contribution in [-0.2, 0) is 9.53 Å². The van der Waals surface area contributed by atoms with E-state index in [1.807, 2.05) is 6.92 Å². The number of carbonyl (C=O) groups excluding carboxylic acids is 1. The van der Waals surface area contributed by atoms with Gasteiger partial charge in [-0.1, -0.05) is 44.3 Å². The molecule has 0 fully saturated rings. The highest BCUT2D eigenvalue weighted by Gasteiger charge is 2.00. The fourth-order valence-corrected chi connectivity index (χ4v) is 2.26. The average molecular weight is 298 g/mol. The minimum atomic E-state index is -0.0561. The lowest BCUT2D eigenvalue weighted by Crippen LogP contribution is -2.03. The molecule has 0 bridgehead atoms. The van der Waals surface area contributed by atoms with Crippen molar-refractivity contribution < 1.29 is 14.6 Å². The molecule has 124 valence electrons. The number of hydrogen-bond acceptors (Lipinski definition) is 3. The molecule has 0 aliphatic heterocycles. The van der Waals surface area contributed by atoms with Gasteiger partial charge in [0.25, 0.3) is 0 Å². The Morgan fingerprint density at radius 2 is 1.38 bits per heavy atom. The van der Waals surface area contributed by atoms with Crippen LogP contribution in [0, 0.1) is 0 Å². The molecule has 0 aromatic carbocycles. The molecule has 0 saturated carbocycles. The van der Waals surface area contributed by atoms with Crippen LogP contribution in [0.2, 0.25) is 0 Å². The van der Waals surface area contributed by atoms with Gasteiger partial charge in [-0.3, -0.25) is 4.79 Å². The average Bonchev–Trinajstić information content (AvgIpc) is 2.48. The van der Waals surface area contributed by atoms with Crippen LogP contribution < -0.4 is 0 Å². The van der Waals surface area contributed by atoms with Crippen LogP contribution in [0.25, 0.3) is 0 Å². The Kier molecular flexibility index (Phi) is 16.5. The molecule has 21 heavy (non-hydrogen) atoms. The highest BCUT2D eigenvalue weighted by Crippen LogP contribution is 2.09. The summed E-state index contributed by atoms with van der Waals surface area (Å²) in [5.74, 6) is -0.0561. The second kappa shape index (κ2) is 17.2. The van der Waals surface area contributed by atoms with Crippen LogP contribution in [0.3, 0.4) is 0 Å². The minimum Gasteiger partial charge on any atom is -0.466 e. The van der Waals surface area contributed by atoms with Crippen molar-refractivity contribution in [3.63, 3.8) is 0 Å². The Bertz CT molecular complexity index is 249. The summed E-state index contributed by atoms with van der Waals surface area (Å²) in [5, 5.41) is 8.66. The van der Waals surface area contributed by atoms with E-state index in [1.54, 1.807) is 0 Å². The maximum atomic E-state index is 11.1. The van der Waals surface area contributed by atoms with Crippen molar-refractivity contribution in [3.8, 4) is 0 Å². The van der Waals surface area contributed by atoms with Crippen molar-refractivity contribution in [1.82, 2.24) is 0 Å².